The minimum Gasteiger partial charge on any atom is -0.506 e. The molecule has 3 aromatic rings. The highest BCUT2D eigenvalue weighted by Gasteiger charge is 2.18. The van der Waals surface area contributed by atoms with E-state index in [0.29, 0.717) is 11.1 Å². The first-order valence-electron chi connectivity index (χ1n) is 10.9. The molecule has 6 heteroatoms. The number of nitrogens with one attached hydrogen (secondary N) is 1. The molecular weight excluding hydrogens is 408 g/mol. The smallest absolute Gasteiger partial charge is 0.134 e. The first-order chi connectivity index (χ1) is 15.1. The topological polar surface area (TPSA) is 61.3 Å². The third-order valence-electron chi connectivity index (χ3n) is 5.83. The summed E-state index contributed by atoms with van der Waals surface area (Å²) >= 11 is 6.00. The molecule has 0 saturated carbocycles. The molecule has 1 aliphatic heterocycles. The molecule has 162 valence electrons. The Kier molecular flexibility index (Phi) is 7.17. The Balaban J connectivity index is 1.40. The van der Waals surface area contributed by atoms with Gasteiger partial charge in [0.2, 0.25) is 0 Å². The van der Waals surface area contributed by atoms with Gasteiger partial charge in [-0.1, -0.05) is 35.9 Å². The minimum absolute atomic E-state index is 0.120. The summed E-state index contributed by atoms with van der Waals surface area (Å²) < 4.78 is 0. The summed E-state index contributed by atoms with van der Waals surface area (Å²) in [6.07, 6.45) is 4.43. The number of benzene rings is 2. The summed E-state index contributed by atoms with van der Waals surface area (Å²) in [5.74, 6) is 0.971. The van der Waals surface area contributed by atoms with Crippen LogP contribution in [-0.4, -0.2) is 45.7 Å². The molecule has 2 heterocycles. The zero-order chi connectivity index (χ0) is 21.6. The Morgan fingerprint density at radius 3 is 2.87 bits per heavy atom. The van der Waals surface area contributed by atoms with Gasteiger partial charge in [-0.3, -0.25) is 4.90 Å². The number of halogens is 1. The molecular formula is C25H29ClN4O. The number of phenolic OH excluding ortho intramolecular Hbond substituents is 1. The van der Waals surface area contributed by atoms with E-state index in [1.54, 1.807) is 6.07 Å². The van der Waals surface area contributed by atoms with Gasteiger partial charge in [0.05, 0.1) is 10.7 Å². The predicted octanol–water partition coefficient (Wildman–Crippen LogP) is 4.47. The average Bonchev–Trinajstić information content (AvgIpc) is 2.78. The highest BCUT2D eigenvalue weighted by molar-refractivity contribution is 6.32. The lowest BCUT2D eigenvalue weighted by atomic mass is 10.1. The summed E-state index contributed by atoms with van der Waals surface area (Å²) in [6.45, 7) is 6.42. The molecule has 4 rings (SSSR count). The number of rotatable bonds is 7. The quantitative estimate of drug-likeness (QED) is 0.572. The van der Waals surface area contributed by atoms with Crippen LogP contribution in [0, 0.1) is 0 Å². The summed E-state index contributed by atoms with van der Waals surface area (Å²) in [4.78, 5) is 11.8. The van der Waals surface area contributed by atoms with Crippen molar-refractivity contribution < 1.29 is 5.11 Å². The molecule has 31 heavy (non-hydrogen) atoms. The van der Waals surface area contributed by atoms with Crippen LogP contribution in [0.25, 0.3) is 11.3 Å². The molecule has 1 atom stereocenters. The fraction of sp³-hybridized carbons (Fsp3) is 0.360. The van der Waals surface area contributed by atoms with Gasteiger partial charge in [0.1, 0.15) is 11.6 Å². The Labute approximate surface area is 189 Å². The van der Waals surface area contributed by atoms with Gasteiger partial charge < -0.3 is 10.4 Å². The largest absolute Gasteiger partial charge is 0.506 e. The summed E-state index contributed by atoms with van der Waals surface area (Å²) in [6, 6.07) is 16.6. The maximum atomic E-state index is 9.55. The van der Waals surface area contributed by atoms with Crippen molar-refractivity contribution in [1.82, 2.24) is 20.2 Å². The molecule has 1 fully saturated rings. The fourth-order valence-corrected chi connectivity index (χ4v) is 4.22. The molecule has 0 spiro atoms. The Bertz CT molecular complexity index is 1030. The molecule has 0 aliphatic carbocycles. The van der Waals surface area contributed by atoms with Crippen LogP contribution < -0.4 is 5.32 Å². The second-order valence-corrected chi connectivity index (χ2v) is 8.63. The highest BCUT2D eigenvalue weighted by atomic mass is 35.5. The molecule has 0 radical (unpaired) electrons. The van der Waals surface area contributed by atoms with E-state index in [-0.39, 0.29) is 5.75 Å². The maximum absolute atomic E-state index is 9.55. The van der Waals surface area contributed by atoms with Crippen molar-refractivity contribution in [2.45, 2.75) is 38.8 Å². The van der Waals surface area contributed by atoms with E-state index in [1.807, 2.05) is 24.4 Å². The molecule has 5 nitrogen and oxygen atoms in total. The number of hydrogen-bond donors (Lipinski definition) is 2. The molecule has 2 aromatic carbocycles. The zero-order valence-electron chi connectivity index (χ0n) is 17.9. The van der Waals surface area contributed by atoms with E-state index in [2.05, 4.69) is 46.4 Å². The van der Waals surface area contributed by atoms with Crippen molar-refractivity contribution in [2.75, 3.05) is 19.6 Å². The van der Waals surface area contributed by atoms with Crippen LogP contribution >= 0.6 is 11.6 Å². The molecule has 1 aromatic heterocycles. The van der Waals surface area contributed by atoms with E-state index in [1.165, 1.54) is 5.56 Å². The van der Waals surface area contributed by atoms with Crippen LogP contribution in [0.1, 0.15) is 30.3 Å². The van der Waals surface area contributed by atoms with Crippen LogP contribution in [0.3, 0.4) is 0 Å². The monoisotopic (exact) mass is 436 g/mol. The zero-order valence-corrected chi connectivity index (χ0v) is 18.6. The van der Waals surface area contributed by atoms with Gasteiger partial charge in [0, 0.05) is 50.4 Å². The van der Waals surface area contributed by atoms with Gasteiger partial charge in [-0.05, 0) is 55.2 Å². The lowest BCUT2D eigenvalue weighted by Gasteiger charge is -2.33. The third-order valence-corrected chi connectivity index (χ3v) is 6.13. The molecule has 0 amide bonds. The lowest BCUT2D eigenvalue weighted by molar-refractivity contribution is 0.165. The van der Waals surface area contributed by atoms with Crippen molar-refractivity contribution in [3.8, 4) is 17.0 Å². The predicted molar refractivity (Wildman–Crippen MR) is 125 cm³/mol. The van der Waals surface area contributed by atoms with Gasteiger partial charge in [0.15, 0.2) is 0 Å². The summed E-state index contributed by atoms with van der Waals surface area (Å²) in [7, 11) is 0. The number of aryl methyl sites for hydroxylation is 2. The molecule has 0 unspecified atom stereocenters. The van der Waals surface area contributed by atoms with E-state index >= 15 is 0 Å². The van der Waals surface area contributed by atoms with Crippen molar-refractivity contribution in [3.63, 3.8) is 0 Å². The summed E-state index contributed by atoms with van der Waals surface area (Å²) in [5, 5.41) is 13.4. The minimum atomic E-state index is 0.120. The highest BCUT2D eigenvalue weighted by Crippen LogP contribution is 2.24. The number of phenols is 1. The first-order valence-corrected chi connectivity index (χ1v) is 11.3. The maximum Gasteiger partial charge on any atom is 0.134 e. The second kappa shape index (κ2) is 10.2. The first kappa shape index (κ1) is 21.8. The Morgan fingerprint density at radius 1 is 1.13 bits per heavy atom. The molecule has 1 aliphatic rings. The number of aromatic nitrogens is 2. The lowest BCUT2D eigenvalue weighted by Crippen LogP contribution is -2.49. The second-order valence-electron chi connectivity index (χ2n) is 8.22. The van der Waals surface area contributed by atoms with E-state index in [9.17, 15) is 5.11 Å². The van der Waals surface area contributed by atoms with Crippen molar-refractivity contribution in [1.29, 1.82) is 0 Å². The molecule has 1 saturated heterocycles. The van der Waals surface area contributed by atoms with E-state index < -0.39 is 0 Å². The molecule has 2 N–H and O–H groups in total. The van der Waals surface area contributed by atoms with Crippen molar-refractivity contribution in [3.05, 3.63) is 76.7 Å². The van der Waals surface area contributed by atoms with Gasteiger partial charge in [-0.25, -0.2) is 9.97 Å². The Morgan fingerprint density at radius 2 is 2.03 bits per heavy atom. The van der Waals surface area contributed by atoms with Crippen molar-refractivity contribution >= 4 is 11.6 Å². The number of piperazine rings is 1. The van der Waals surface area contributed by atoms with Crippen LogP contribution in [0.2, 0.25) is 5.02 Å². The molecule has 0 bridgehead atoms. The normalized spacial score (nSPS) is 17.0. The van der Waals surface area contributed by atoms with Crippen LogP contribution in [0.4, 0.5) is 0 Å². The standard InChI is InChI=1S/C25H29ClN4O/c1-18-16-27-12-13-30(18)17-20-5-2-6-21(14-20)23-10-11-28-25(29-23)7-3-4-19-8-9-24(31)22(26)15-19/h2,5-6,8-11,14-15,18,27,31H,3-4,7,12-13,16-17H2,1H3/t18-/m0/s1. The fourth-order valence-electron chi connectivity index (χ4n) is 4.02. The van der Waals surface area contributed by atoms with Gasteiger partial charge >= 0.3 is 0 Å². The van der Waals surface area contributed by atoms with Crippen molar-refractivity contribution in [2.24, 2.45) is 0 Å². The van der Waals surface area contributed by atoms with E-state index in [4.69, 9.17) is 16.6 Å². The van der Waals surface area contributed by atoms with Crippen LogP contribution in [0.5, 0.6) is 5.75 Å². The average molecular weight is 437 g/mol. The number of nitrogens with zero attached hydrogens (tertiary/aromatic N) is 3. The SMILES string of the molecule is C[C@H]1CNCCN1Cc1cccc(-c2ccnc(CCCc3ccc(O)c(Cl)c3)n2)c1. The van der Waals surface area contributed by atoms with Gasteiger partial charge in [0.25, 0.3) is 0 Å². The third kappa shape index (κ3) is 5.82. The van der Waals surface area contributed by atoms with E-state index in [0.717, 1.165) is 68.1 Å². The van der Waals surface area contributed by atoms with Gasteiger partial charge in [-0.15, -0.1) is 0 Å². The van der Waals surface area contributed by atoms with Crippen LogP contribution in [-0.2, 0) is 19.4 Å². The van der Waals surface area contributed by atoms with Crippen LogP contribution in [0.15, 0.2) is 54.7 Å². The number of aromatic hydroxyl groups is 1. The number of hydrogen-bond acceptors (Lipinski definition) is 5. The van der Waals surface area contributed by atoms with Gasteiger partial charge in [-0.2, -0.15) is 0 Å². The Hall–Kier alpha value is -2.47. The summed E-state index contributed by atoms with van der Waals surface area (Å²) in [5.41, 5.74) is 4.52.